The number of rotatable bonds is 3. The van der Waals surface area contributed by atoms with Crippen molar-refractivity contribution in [2.24, 2.45) is 10.9 Å². The number of nitrogens with zero attached hydrogens (tertiary/aromatic N) is 1. The zero-order chi connectivity index (χ0) is 6.41. The van der Waals surface area contributed by atoms with Gasteiger partial charge in [0.2, 0.25) is 0 Å². The summed E-state index contributed by atoms with van der Waals surface area (Å²) in [5.74, 6) is 0.671. The van der Waals surface area contributed by atoms with Gasteiger partial charge in [-0.05, 0) is 12.3 Å². The van der Waals surface area contributed by atoms with Gasteiger partial charge in [-0.15, -0.1) is 0 Å². The van der Waals surface area contributed by atoms with Gasteiger partial charge in [-0.25, -0.2) is 0 Å². The predicted molar refractivity (Wildman–Crippen MR) is 38.5 cm³/mol. The maximum absolute atomic E-state index is 3.93. The minimum Gasteiger partial charge on any atom is -0.301 e. The van der Waals surface area contributed by atoms with Gasteiger partial charge in [0.05, 0.1) is 0 Å². The summed E-state index contributed by atoms with van der Waals surface area (Å²) >= 11 is 0. The Morgan fingerprint density at radius 3 is 2.62 bits per heavy atom. The van der Waals surface area contributed by atoms with Crippen molar-refractivity contribution in [2.45, 2.75) is 26.7 Å². The summed E-state index contributed by atoms with van der Waals surface area (Å²) < 4.78 is 0. The van der Waals surface area contributed by atoms with Gasteiger partial charge in [-0.3, -0.25) is 0 Å². The number of aliphatic imine (C=N–C) groups is 1. The summed E-state index contributed by atoms with van der Waals surface area (Å²) in [6.07, 6.45) is 4.52. The lowest BCUT2D eigenvalue weighted by Crippen LogP contribution is -1.93. The first-order chi connectivity index (χ1) is 3.81. The van der Waals surface area contributed by atoms with E-state index in [9.17, 15) is 0 Å². The zero-order valence-corrected chi connectivity index (χ0v) is 6.02. The van der Waals surface area contributed by atoms with Crippen molar-refractivity contribution in [3.63, 3.8) is 0 Å². The van der Waals surface area contributed by atoms with Crippen LogP contribution in [0.3, 0.4) is 0 Å². The van der Waals surface area contributed by atoms with Gasteiger partial charge >= 0.3 is 0 Å². The molecular formula is C7H15N. The van der Waals surface area contributed by atoms with Gasteiger partial charge in [-0.2, -0.15) is 0 Å². The van der Waals surface area contributed by atoms with Crippen LogP contribution in [0.1, 0.15) is 26.7 Å². The van der Waals surface area contributed by atoms with Crippen molar-refractivity contribution >= 4 is 6.21 Å². The Morgan fingerprint density at radius 2 is 2.25 bits per heavy atom. The molecule has 0 rings (SSSR count). The quantitative estimate of drug-likeness (QED) is 0.497. The highest BCUT2D eigenvalue weighted by molar-refractivity contribution is 5.59. The minimum absolute atomic E-state index is 0.671. The highest BCUT2D eigenvalue weighted by atomic mass is 14.6. The Balaban J connectivity index is 3.17. The minimum atomic E-state index is 0.671. The third-order valence-electron chi connectivity index (χ3n) is 1.15. The van der Waals surface area contributed by atoms with Gasteiger partial charge in [0.1, 0.15) is 0 Å². The molecule has 0 radical (unpaired) electrons. The molecule has 0 aromatic carbocycles. The van der Waals surface area contributed by atoms with E-state index < -0.39 is 0 Å². The Hall–Kier alpha value is -0.330. The number of hydrogen-bond acceptors (Lipinski definition) is 1. The van der Waals surface area contributed by atoms with Crippen LogP contribution in [0, 0.1) is 5.92 Å². The van der Waals surface area contributed by atoms with Crippen LogP contribution in [0.25, 0.3) is 0 Å². The van der Waals surface area contributed by atoms with E-state index in [2.05, 4.69) is 18.8 Å². The van der Waals surface area contributed by atoms with Crippen LogP contribution in [0.5, 0.6) is 0 Å². The van der Waals surface area contributed by atoms with Crippen LogP contribution < -0.4 is 0 Å². The van der Waals surface area contributed by atoms with Crippen molar-refractivity contribution in [3.05, 3.63) is 0 Å². The summed E-state index contributed by atoms with van der Waals surface area (Å²) in [6, 6.07) is 0. The Bertz CT molecular complexity index is 66.8. The van der Waals surface area contributed by atoms with E-state index >= 15 is 0 Å². The van der Waals surface area contributed by atoms with Crippen LogP contribution in [0.15, 0.2) is 4.99 Å². The molecule has 0 saturated heterocycles. The molecule has 0 aromatic rings. The molecule has 8 heavy (non-hydrogen) atoms. The van der Waals surface area contributed by atoms with Gasteiger partial charge in [0.15, 0.2) is 0 Å². The second-order valence-electron chi connectivity index (χ2n) is 2.17. The average Bonchev–Trinajstić information content (AvgIpc) is 1.68. The van der Waals surface area contributed by atoms with Crippen molar-refractivity contribution in [1.82, 2.24) is 0 Å². The molecule has 1 nitrogen and oxygen atoms in total. The van der Waals surface area contributed by atoms with E-state index in [1.54, 1.807) is 0 Å². The fourth-order valence-corrected chi connectivity index (χ4v) is 0.784. The standard InChI is InChI=1S/C7H15N/c1-4-5-7(2)6-8-3/h6-7H,4-5H2,1-3H3. The maximum atomic E-state index is 3.93. The van der Waals surface area contributed by atoms with Gasteiger partial charge in [0.25, 0.3) is 0 Å². The molecule has 0 bridgehead atoms. The van der Waals surface area contributed by atoms with Crippen molar-refractivity contribution < 1.29 is 0 Å². The van der Waals surface area contributed by atoms with Crippen LogP contribution >= 0.6 is 0 Å². The van der Waals surface area contributed by atoms with E-state index in [1.165, 1.54) is 12.8 Å². The van der Waals surface area contributed by atoms with Gasteiger partial charge in [0, 0.05) is 13.3 Å². The van der Waals surface area contributed by atoms with Crippen molar-refractivity contribution in [3.8, 4) is 0 Å². The Kier molecular flexibility index (Phi) is 4.62. The molecule has 0 fully saturated rings. The average molecular weight is 113 g/mol. The molecule has 0 spiro atoms. The van der Waals surface area contributed by atoms with E-state index in [0.29, 0.717) is 5.92 Å². The van der Waals surface area contributed by atoms with E-state index in [4.69, 9.17) is 0 Å². The SMILES string of the molecule is CCCC(C)C=NC. The lowest BCUT2D eigenvalue weighted by atomic mass is 10.1. The molecule has 48 valence electrons. The first-order valence-electron chi connectivity index (χ1n) is 3.23. The van der Waals surface area contributed by atoms with Crippen molar-refractivity contribution in [2.75, 3.05) is 7.05 Å². The second-order valence-corrected chi connectivity index (χ2v) is 2.17. The highest BCUT2D eigenvalue weighted by Crippen LogP contribution is 2.00. The summed E-state index contributed by atoms with van der Waals surface area (Å²) in [6.45, 7) is 4.39. The predicted octanol–water partition coefficient (Wildman–Crippen LogP) is 2.12. The smallest absolute Gasteiger partial charge is 0.0273 e. The molecule has 0 aliphatic heterocycles. The summed E-state index contributed by atoms with van der Waals surface area (Å²) in [5, 5.41) is 0. The first kappa shape index (κ1) is 7.67. The topological polar surface area (TPSA) is 12.4 Å². The fraction of sp³-hybridized carbons (Fsp3) is 0.857. The molecule has 0 aromatic heterocycles. The zero-order valence-electron chi connectivity index (χ0n) is 6.02. The molecule has 0 N–H and O–H groups in total. The molecule has 0 amide bonds. The van der Waals surface area contributed by atoms with E-state index in [-0.39, 0.29) is 0 Å². The molecule has 1 heteroatoms. The van der Waals surface area contributed by atoms with Gasteiger partial charge in [-0.1, -0.05) is 20.3 Å². The molecule has 0 aliphatic rings. The second kappa shape index (κ2) is 4.82. The molecular weight excluding hydrogens is 98.1 g/mol. The summed E-state index contributed by atoms with van der Waals surface area (Å²) in [4.78, 5) is 3.93. The maximum Gasteiger partial charge on any atom is 0.0273 e. The first-order valence-corrected chi connectivity index (χ1v) is 3.23. The largest absolute Gasteiger partial charge is 0.301 e. The van der Waals surface area contributed by atoms with Crippen LogP contribution in [0.4, 0.5) is 0 Å². The van der Waals surface area contributed by atoms with Crippen molar-refractivity contribution in [1.29, 1.82) is 0 Å². The lowest BCUT2D eigenvalue weighted by molar-refractivity contribution is 0.677. The third kappa shape index (κ3) is 3.85. The monoisotopic (exact) mass is 113 g/mol. The normalized spacial score (nSPS) is 14.9. The molecule has 0 aliphatic carbocycles. The van der Waals surface area contributed by atoms with Crippen LogP contribution in [0.2, 0.25) is 0 Å². The van der Waals surface area contributed by atoms with Crippen LogP contribution in [-0.4, -0.2) is 13.3 Å². The molecule has 1 unspecified atom stereocenters. The lowest BCUT2D eigenvalue weighted by Gasteiger charge is -1.98. The third-order valence-corrected chi connectivity index (χ3v) is 1.15. The van der Waals surface area contributed by atoms with E-state index in [0.717, 1.165) is 0 Å². The van der Waals surface area contributed by atoms with Gasteiger partial charge < -0.3 is 4.99 Å². The highest BCUT2D eigenvalue weighted by Gasteiger charge is 1.91. The molecule has 1 atom stereocenters. The molecule has 0 heterocycles. The Morgan fingerprint density at radius 1 is 1.62 bits per heavy atom. The Labute approximate surface area is 51.8 Å². The fourth-order valence-electron chi connectivity index (χ4n) is 0.784. The molecule has 0 saturated carbocycles. The van der Waals surface area contributed by atoms with E-state index in [1.807, 2.05) is 13.3 Å². The summed E-state index contributed by atoms with van der Waals surface area (Å²) in [5.41, 5.74) is 0. The summed E-state index contributed by atoms with van der Waals surface area (Å²) in [7, 11) is 1.83. The van der Waals surface area contributed by atoms with Crippen LogP contribution in [-0.2, 0) is 0 Å². The number of hydrogen-bond donors (Lipinski definition) is 0.